The number of rotatable bonds is 8. The number of hydrogen-bond donors (Lipinski definition) is 3. The lowest BCUT2D eigenvalue weighted by molar-refractivity contribution is -0.137. The second kappa shape index (κ2) is 11.6. The molecule has 6 nitrogen and oxygen atoms in total. The average Bonchev–Trinajstić information content (AvgIpc) is 2.56. The predicted octanol–water partition coefficient (Wildman–Crippen LogP) is 2.32. The molecule has 0 bridgehead atoms. The third-order valence-corrected chi connectivity index (χ3v) is 4.57. The monoisotopic (exact) mass is 508 g/mol. The molecule has 0 aliphatic heterocycles. The van der Waals surface area contributed by atoms with Gasteiger partial charge in [-0.2, -0.15) is 13.2 Å². The van der Waals surface area contributed by atoms with Crippen LogP contribution in [0.5, 0.6) is 0 Å². The molecule has 3 N–H and O–H groups in total. The molecule has 0 saturated carbocycles. The third-order valence-electron chi connectivity index (χ3n) is 3.16. The summed E-state index contributed by atoms with van der Waals surface area (Å²) in [7, 11) is -3.24. The molecule has 0 aliphatic rings. The third kappa shape index (κ3) is 9.57. The van der Waals surface area contributed by atoms with Gasteiger partial charge >= 0.3 is 6.18 Å². The van der Waals surface area contributed by atoms with Gasteiger partial charge in [0, 0.05) is 19.6 Å². The fourth-order valence-corrected chi connectivity index (χ4v) is 2.42. The molecule has 0 unspecified atom stereocenters. The van der Waals surface area contributed by atoms with Gasteiger partial charge in [-0.3, -0.25) is 0 Å². The fraction of sp³-hybridized carbons (Fsp3) is 0.533. The molecule has 0 fully saturated rings. The highest BCUT2D eigenvalue weighted by atomic mass is 127. The predicted molar refractivity (Wildman–Crippen MR) is 107 cm³/mol. The number of guanidine groups is 1. The van der Waals surface area contributed by atoms with Crippen molar-refractivity contribution < 1.29 is 21.6 Å². The van der Waals surface area contributed by atoms with Crippen LogP contribution in [0.15, 0.2) is 29.3 Å². The zero-order valence-corrected chi connectivity index (χ0v) is 17.7. The molecule has 150 valence electrons. The van der Waals surface area contributed by atoms with Crippen molar-refractivity contribution in [3.8, 4) is 0 Å². The number of nitrogens with zero attached hydrogens (tertiary/aromatic N) is 1. The van der Waals surface area contributed by atoms with E-state index in [9.17, 15) is 21.6 Å². The van der Waals surface area contributed by atoms with Crippen molar-refractivity contribution in [2.24, 2.45) is 4.99 Å². The Morgan fingerprint density at radius 1 is 1.08 bits per heavy atom. The van der Waals surface area contributed by atoms with Crippen LogP contribution in [0.4, 0.5) is 13.2 Å². The molecule has 0 atom stereocenters. The van der Waals surface area contributed by atoms with Gasteiger partial charge in [0.15, 0.2) is 5.96 Å². The van der Waals surface area contributed by atoms with Crippen LogP contribution in [-0.2, 0) is 22.7 Å². The number of alkyl halides is 3. The highest BCUT2D eigenvalue weighted by Gasteiger charge is 2.29. The van der Waals surface area contributed by atoms with Crippen molar-refractivity contribution in [2.45, 2.75) is 26.6 Å². The second-order valence-corrected chi connectivity index (χ2v) is 7.21. The van der Waals surface area contributed by atoms with Crippen molar-refractivity contribution in [1.82, 2.24) is 15.4 Å². The minimum atomic E-state index is -4.36. The van der Waals surface area contributed by atoms with Crippen molar-refractivity contribution in [2.75, 3.05) is 25.4 Å². The largest absolute Gasteiger partial charge is 0.416 e. The van der Waals surface area contributed by atoms with E-state index in [1.807, 2.05) is 6.92 Å². The second-order valence-electron chi connectivity index (χ2n) is 5.11. The molecule has 1 aromatic rings. The maximum Gasteiger partial charge on any atom is 0.416 e. The molecule has 0 aromatic heterocycles. The smallest absolute Gasteiger partial charge is 0.357 e. The van der Waals surface area contributed by atoms with E-state index in [-0.39, 0.29) is 42.8 Å². The lowest BCUT2D eigenvalue weighted by Gasteiger charge is -2.12. The summed E-state index contributed by atoms with van der Waals surface area (Å²) in [5.41, 5.74) is -0.0645. The first-order chi connectivity index (χ1) is 11.7. The Labute approximate surface area is 169 Å². The summed E-state index contributed by atoms with van der Waals surface area (Å²) in [6, 6.07) is 4.80. The average molecular weight is 508 g/mol. The molecule has 0 amide bonds. The topological polar surface area (TPSA) is 82.6 Å². The first-order valence-corrected chi connectivity index (χ1v) is 9.48. The van der Waals surface area contributed by atoms with Crippen LogP contribution in [0, 0.1) is 0 Å². The summed E-state index contributed by atoms with van der Waals surface area (Å²) in [4.78, 5) is 4.27. The van der Waals surface area contributed by atoms with Crippen molar-refractivity contribution in [3.63, 3.8) is 0 Å². The van der Waals surface area contributed by atoms with E-state index in [1.54, 1.807) is 6.92 Å². The molecule has 0 aliphatic carbocycles. The van der Waals surface area contributed by atoms with E-state index in [2.05, 4.69) is 20.3 Å². The Kier molecular flexibility index (Phi) is 11.1. The van der Waals surface area contributed by atoms with Gasteiger partial charge in [0.25, 0.3) is 0 Å². The number of aliphatic imine (C=N–C) groups is 1. The Morgan fingerprint density at radius 2 is 1.69 bits per heavy atom. The van der Waals surface area contributed by atoms with Gasteiger partial charge in [0.05, 0.1) is 17.9 Å². The van der Waals surface area contributed by atoms with E-state index in [0.29, 0.717) is 24.6 Å². The van der Waals surface area contributed by atoms with E-state index < -0.39 is 21.8 Å². The highest BCUT2D eigenvalue weighted by Crippen LogP contribution is 2.29. The first-order valence-electron chi connectivity index (χ1n) is 7.83. The zero-order valence-electron chi connectivity index (χ0n) is 14.6. The maximum absolute atomic E-state index is 12.5. The summed E-state index contributed by atoms with van der Waals surface area (Å²) in [6.45, 7) is 4.76. The normalized spacial score (nSPS) is 12.4. The number of halogens is 4. The quantitative estimate of drug-likeness (QED) is 0.218. The molecule has 0 heterocycles. The standard InChI is InChI=1S/C15H23F3N4O2S.HI/c1-3-19-14(20-9-10-22-25(23,24)4-2)21-11-12-5-7-13(8-6-12)15(16,17)18;/h5-8,22H,3-4,9-11H2,1-2H3,(H2,19,20,21);1H. The SMILES string of the molecule is CCNC(=NCc1ccc(C(F)(F)F)cc1)NCCNS(=O)(=O)CC.I. The number of benzene rings is 1. The van der Waals surface area contributed by atoms with Gasteiger partial charge in [-0.15, -0.1) is 24.0 Å². The van der Waals surface area contributed by atoms with Crippen LogP contribution in [0.3, 0.4) is 0 Å². The van der Waals surface area contributed by atoms with Crippen LogP contribution < -0.4 is 15.4 Å². The van der Waals surface area contributed by atoms with E-state index in [0.717, 1.165) is 12.1 Å². The lowest BCUT2D eigenvalue weighted by atomic mass is 10.1. The summed E-state index contributed by atoms with van der Waals surface area (Å²) in [6.07, 6.45) is -4.36. The molecule has 0 saturated heterocycles. The van der Waals surface area contributed by atoms with E-state index in [4.69, 9.17) is 0 Å². The van der Waals surface area contributed by atoms with Gasteiger partial charge in [0.2, 0.25) is 10.0 Å². The van der Waals surface area contributed by atoms with E-state index in [1.165, 1.54) is 12.1 Å². The van der Waals surface area contributed by atoms with Crippen molar-refractivity contribution >= 4 is 40.0 Å². The van der Waals surface area contributed by atoms with Crippen LogP contribution in [0.1, 0.15) is 25.0 Å². The van der Waals surface area contributed by atoms with Crippen molar-refractivity contribution in [3.05, 3.63) is 35.4 Å². The van der Waals surface area contributed by atoms with Crippen LogP contribution >= 0.6 is 24.0 Å². The molecular formula is C15H24F3IN4O2S. The van der Waals surface area contributed by atoms with Gasteiger partial charge < -0.3 is 10.6 Å². The Morgan fingerprint density at radius 3 is 2.19 bits per heavy atom. The highest BCUT2D eigenvalue weighted by molar-refractivity contribution is 14.0. The first kappa shape index (κ1) is 24.9. The number of nitrogens with one attached hydrogen (secondary N) is 3. The lowest BCUT2D eigenvalue weighted by Crippen LogP contribution is -2.41. The molecule has 1 aromatic carbocycles. The zero-order chi connectivity index (χ0) is 18.9. The summed E-state index contributed by atoms with van der Waals surface area (Å²) < 4.78 is 62.6. The minimum absolute atomic E-state index is 0. The summed E-state index contributed by atoms with van der Waals surface area (Å²) >= 11 is 0. The maximum atomic E-state index is 12.5. The van der Waals surface area contributed by atoms with E-state index >= 15 is 0 Å². The van der Waals surface area contributed by atoms with Crippen LogP contribution in [0.25, 0.3) is 0 Å². The van der Waals surface area contributed by atoms with Gasteiger partial charge in [-0.1, -0.05) is 12.1 Å². The van der Waals surface area contributed by atoms with Crippen molar-refractivity contribution in [1.29, 1.82) is 0 Å². The van der Waals surface area contributed by atoms with Crippen LogP contribution in [0.2, 0.25) is 0 Å². The van der Waals surface area contributed by atoms with Gasteiger partial charge in [-0.05, 0) is 31.5 Å². The summed E-state index contributed by atoms with van der Waals surface area (Å²) in [5, 5.41) is 5.94. The molecule has 1 rings (SSSR count). The van der Waals surface area contributed by atoms with Gasteiger partial charge in [-0.25, -0.2) is 18.1 Å². The molecule has 0 radical (unpaired) electrons. The molecular weight excluding hydrogens is 484 g/mol. The van der Waals surface area contributed by atoms with Gasteiger partial charge in [0.1, 0.15) is 0 Å². The fourth-order valence-electron chi connectivity index (χ4n) is 1.80. The van der Waals surface area contributed by atoms with Crippen LogP contribution in [-0.4, -0.2) is 39.8 Å². The number of hydrogen-bond acceptors (Lipinski definition) is 3. The molecule has 11 heteroatoms. The number of sulfonamides is 1. The Balaban J connectivity index is 0.00000625. The summed E-state index contributed by atoms with van der Waals surface area (Å²) in [5.74, 6) is 0.466. The molecule has 26 heavy (non-hydrogen) atoms. The Bertz CT molecular complexity index is 664. The molecule has 0 spiro atoms. The Hall–Kier alpha value is -1.08. The minimum Gasteiger partial charge on any atom is -0.357 e.